The standard InChI is InChI=1S/C13H12N6O3S/c14-11(20)3-5-18-6-4-12(17-18)16-13-15-9-2-1-8(19(21)22)7-10(9)23-13/h1-2,4,6-7H,3,5H2,(H2,14,20)(H,15,16,17). The predicted molar refractivity (Wildman–Crippen MR) is 85.6 cm³/mol. The van der Waals surface area contributed by atoms with Crippen molar-refractivity contribution >= 4 is 44.1 Å². The van der Waals surface area contributed by atoms with Crippen molar-refractivity contribution in [3.05, 3.63) is 40.6 Å². The van der Waals surface area contributed by atoms with Gasteiger partial charge in [-0.15, -0.1) is 0 Å². The number of thiazole rings is 1. The molecule has 0 aliphatic heterocycles. The first-order chi connectivity index (χ1) is 11.0. The van der Waals surface area contributed by atoms with Gasteiger partial charge in [-0.25, -0.2) is 4.98 Å². The number of carbonyl (C=O) groups is 1. The molecule has 118 valence electrons. The zero-order valence-corrected chi connectivity index (χ0v) is 12.6. The van der Waals surface area contributed by atoms with Crippen molar-refractivity contribution < 1.29 is 9.72 Å². The van der Waals surface area contributed by atoms with Gasteiger partial charge in [0.15, 0.2) is 10.9 Å². The number of nitro groups is 1. The van der Waals surface area contributed by atoms with Crippen LogP contribution in [0.25, 0.3) is 10.2 Å². The summed E-state index contributed by atoms with van der Waals surface area (Å²) in [6, 6.07) is 6.27. The Morgan fingerprint density at radius 1 is 1.43 bits per heavy atom. The number of carbonyl (C=O) groups excluding carboxylic acids is 1. The van der Waals surface area contributed by atoms with Gasteiger partial charge in [0.1, 0.15) is 0 Å². The molecule has 3 aromatic rings. The number of aromatic nitrogens is 3. The Bertz CT molecular complexity index is 887. The van der Waals surface area contributed by atoms with Crippen molar-refractivity contribution in [1.82, 2.24) is 14.8 Å². The summed E-state index contributed by atoms with van der Waals surface area (Å²) in [6.07, 6.45) is 1.94. The highest BCUT2D eigenvalue weighted by Gasteiger charge is 2.11. The Morgan fingerprint density at radius 2 is 2.26 bits per heavy atom. The molecular weight excluding hydrogens is 320 g/mol. The van der Waals surface area contributed by atoms with Crippen molar-refractivity contribution in [2.45, 2.75) is 13.0 Å². The number of aryl methyl sites for hydroxylation is 1. The smallest absolute Gasteiger partial charge is 0.270 e. The molecule has 2 heterocycles. The van der Waals surface area contributed by atoms with E-state index in [-0.39, 0.29) is 18.0 Å². The van der Waals surface area contributed by atoms with Crippen LogP contribution in [0.1, 0.15) is 6.42 Å². The number of primary amides is 1. The van der Waals surface area contributed by atoms with Crippen LogP contribution in [0.2, 0.25) is 0 Å². The Morgan fingerprint density at radius 3 is 3.00 bits per heavy atom. The monoisotopic (exact) mass is 332 g/mol. The van der Waals surface area contributed by atoms with Gasteiger partial charge in [-0.3, -0.25) is 19.6 Å². The Kier molecular flexibility index (Phi) is 3.89. The van der Waals surface area contributed by atoms with Crippen molar-refractivity contribution in [2.75, 3.05) is 5.32 Å². The number of hydrogen-bond donors (Lipinski definition) is 2. The zero-order chi connectivity index (χ0) is 16.4. The molecule has 0 spiro atoms. The fourth-order valence-corrected chi connectivity index (χ4v) is 2.87. The van der Waals surface area contributed by atoms with Crippen LogP contribution in [0.5, 0.6) is 0 Å². The molecule has 1 amide bonds. The first kappa shape index (κ1) is 14.9. The molecule has 0 saturated heterocycles. The third kappa shape index (κ3) is 3.43. The van der Waals surface area contributed by atoms with Gasteiger partial charge >= 0.3 is 0 Å². The van der Waals surface area contributed by atoms with Crippen molar-refractivity contribution in [2.24, 2.45) is 5.73 Å². The average molecular weight is 332 g/mol. The van der Waals surface area contributed by atoms with Gasteiger partial charge < -0.3 is 11.1 Å². The number of rotatable bonds is 6. The molecule has 0 atom stereocenters. The molecular formula is C13H12N6O3S. The van der Waals surface area contributed by atoms with Crippen molar-refractivity contribution in [3.63, 3.8) is 0 Å². The van der Waals surface area contributed by atoms with Crippen LogP contribution in [-0.2, 0) is 11.3 Å². The number of nitro benzene ring substituents is 1. The minimum Gasteiger partial charge on any atom is -0.370 e. The van der Waals surface area contributed by atoms with Crippen LogP contribution >= 0.6 is 11.3 Å². The first-order valence-electron chi connectivity index (χ1n) is 6.65. The molecule has 10 heteroatoms. The van der Waals surface area contributed by atoms with Crippen LogP contribution in [0.15, 0.2) is 30.5 Å². The summed E-state index contributed by atoms with van der Waals surface area (Å²) >= 11 is 1.30. The fourth-order valence-electron chi connectivity index (χ4n) is 1.97. The van der Waals surface area contributed by atoms with Crippen LogP contribution in [-0.4, -0.2) is 25.6 Å². The lowest BCUT2D eigenvalue weighted by atomic mass is 10.3. The number of fused-ring (bicyclic) bond motifs is 1. The van der Waals surface area contributed by atoms with Crippen LogP contribution < -0.4 is 11.1 Å². The van der Waals surface area contributed by atoms with Crippen molar-refractivity contribution in [1.29, 1.82) is 0 Å². The minimum atomic E-state index is -0.438. The van der Waals surface area contributed by atoms with Crippen LogP contribution in [0.3, 0.4) is 0 Å². The maximum atomic E-state index is 10.8. The van der Waals surface area contributed by atoms with Crippen LogP contribution in [0.4, 0.5) is 16.6 Å². The number of amides is 1. The second kappa shape index (κ2) is 6.01. The molecule has 0 radical (unpaired) electrons. The fraction of sp³-hybridized carbons (Fsp3) is 0.154. The summed E-state index contributed by atoms with van der Waals surface area (Å²) in [5.41, 5.74) is 5.80. The largest absolute Gasteiger partial charge is 0.370 e. The summed E-state index contributed by atoms with van der Waals surface area (Å²) < 4.78 is 2.32. The van der Waals surface area contributed by atoms with Gasteiger partial charge in [0.25, 0.3) is 5.69 Å². The maximum absolute atomic E-state index is 10.8. The van der Waals surface area contributed by atoms with E-state index in [4.69, 9.17) is 5.73 Å². The lowest BCUT2D eigenvalue weighted by Gasteiger charge is -1.98. The van der Waals surface area contributed by atoms with E-state index in [0.29, 0.717) is 23.0 Å². The minimum absolute atomic E-state index is 0.0310. The summed E-state index contributed by atoms with van der Waals surface area (Å²) in [5, 5.41) is 18.7. The molecule has 0 aliphatic carbocycles. The van der Waals surface area contributed by atoms with Gasteiger partial charge in [0.05, 0.1) is 15.1 Å². The highest BCUT2D eigenvalue weighted by Crippen LogP contribution is 2.30. The van der Waals surface area contributed by atoms with Gasteiger partial charge in [0.2, 0.25) is 5.91 Å². The third-order valence-corrected chi connectivity index (χ3v) is 3.98. The summed E-state index contributed by atoms with van der Waals surface area (Å²) in [7, 11) is 0. The van der Waals surface area contributed by atoms with E-state index in [1.807, 2.05) is 0 Å². The third-order valence-electron chi connectivity index (χ3n) is 3.05. The molecule has 0 bridgehead atoms. The van der Waals surface area contributed by atoms with Gasteiger partial charge in [-0.05, 0) is 6.07 Å². The second-order valence-electron chi connectivity index (χ2n) is 4.73. The van der Waals surface area contributed by atoms with Crippen molar-refractivity contribution in [3.8, 4) is 0 Å². The van der Waals surface area contributed by atoms with E-state index in [1.165, 1.54) is 23.5 Å². The summed E-state index contributed by atoms with van der Waals surface area (Å²) in [6.45, 7) is 0.406. The molecule has 0 aliphatic rings. The zero-order valence-electron chi connectivity index (χ0n) is 11.8. The topological polar surface area (TPSA) is 129 Å². The number of hydrogen-bond acceptors (Lipinski definition) is 7. The highest BCUT2D eigenvalue weighted by atomic mass is 32.1. The lowest BCUT2D eigenvalue weighted by molar-refractivity contribution is -0.384. The van der Waals surface area contributed by atoms with E-state index in [2.05, 4.69) is 15.4 Å². The van der Waals surface area contributed by atoms with E-state index in [0.717, 1.165) is 4.70 Å². The molecule has 0 fully saturated rings. The van der Waals surface area contributed by atoms with E-state index in [1.54, 1.807) is 23.0 Å². The van der Waals surface area contributed by atoms with Gasteiger partial charge in [0, 0.05) is 37.4 Å². The van der Waals surface area contributed by atoms with E-state index >= 15 is 0 Å². The number of benzene rings is 1. The number of nitrogens with one attached hydrogen (secondary N) is 1. The quantitative estimate of drug-likeness (QED) is 0.525. The summed E-state index contributed by atoms with van der Waals surface area (Å²) in [4.78, 5) is 25.5. The van der Waals surface area contributed by atoms with Gasteiger partial charge in [-0.1, -0.05) is 11.3 Å². The second-order valence-corrected chi connectivity index (χ2v) is 5.76. The number of anilines is 2. The molecule has 1 aromatic carbocycles. The molecule has 3 rings (SSSR count). The molecule has 3 N–H and O–H groups in total. The number of nitrogens with two attached hydrogens (primary N) is 1. The molecule has 2 aromatic heterocycles. The SMILES string of the molecule is NC(=O)CCn1ccc(Nc2nc3ccc([N+](=O)[O-])cc3s2)n1. The summed E-state index contributed by atoms with van der Waals surface area (Å²) in [5.74, 6) is 0.186. The number of nitrogens with zero attached hydrogens (tertiary/aromatic N) is 4. The molecule has 0 unspecified atom stereocenters. The molecule has 9 nitrogen and oxygen atoms in total. The predicted octanol–water partition coefficient (Wildman–Crippen LogP) is 2.02. The molecule has 23 heavy (non-hydrogen) atoms. The van der Waals surface area contributed by atoms with Crippen LogP contribution in [0, 0.1) is 10.1 Å². The Hall–Kier alpha value is -3.01. The lowest BCUT2D eigenvalue weighted by Crippen LogP contribution is -2.14. The highest BCUT2D eigenvalue weighted by molar-refractivity contribution is 7.22. The Balaban J connectivity index is 1.76. The Labute approximate surface area is 133 Å². The number of non-ortho nitro benzene ring substituents is 1. The van der Waals surface area contributed by atoms with E-state index < -0.39 is 4.92 Å². The van der Waals surface area contributed by atoms with Gasteiger partial charge in [-0.2, -0.15) is 5.10 Å². The first-order valence-corrected chi connectivity index (χ1v) is 7.47. The van der Waals surface area contributed by atoms with E-state index in [9.17, 15) is 14.9 Å². The maximum Gasteiger partial charge on any atom is 0.270 e. The molecule has 0 saturated carbocycles. The average Bonchev–Trinajstić information content (AvgIpc) is 3.10. The normalized spacial score (nSPS) is 10.8.